The molecule has 10 rings (SSSR count). The highest BCUT2D eigenvalue weighted by Gasteiger charge is 2.31. The molecule has 0 bridgehead atoms. The number of hydroxylamine groups is 1. The lowest BCUT2D eigenvalue weighted by Gasteiger charge is -2.34. The number of halogens is 2. The Morgan fingerprint density at radius 1 is 0.653 bits per heavy atom. The smallest absolute Gasteiger partial charge is 0.339 e. The van der Waals surface area contributed by atoms with E-state index in [9.17, 15) is 46.4 Å². The van der Waals surface area contributed by atoms with Crippen LogP contribution < -0.4 is 29.5 Å². The molecule has 2 fully saturated rings. The second-order valence-corrected chi connectivity index (χ2v) is 34.7. The van der Waals surface area contributed by atoms with Crippen LogP contribution in [0.3, 0.4) is 0 Å². The van der Waals surface area contributed by atoms with Crippen molar-refractivity contribution in [1.29, 1.82) is 10.5 Å². The number of carbonyl (C=O) groups is 5. The summed E-state index contributed by atoms with van der Waals surface area (Å²) in [6.07, 6.45) is 7.80. The number of benzene rings is 8. The first-order chi connectivity index (χ1) is 57.2. The Hall–Kier alpha value is -10.8. The number of esters is 1. The standard InChI is InChI=1S/C25H27NO3.C16H24N2O2.C13H15NO2.C12H13F2N.C12H23NO3S.C11H16.C10H12NO2/c1-19(2)17-20-9-8-10-21(18-20)26-25(27)23-13-6-7-14-24(23)29-16-15-28-22-11-4-3-5-12-22;1-12(2)16(19)13-8-10-18(11-9-13)15-7-5-4-6-14(15)17(3)20;1-9(2)7-10-5-4-6-11(12(10)8-14)13(15)16-3;1-8(2)9-4-5-10(7-15)11(6-9)12(3,13)14;1-9(2)12(14)8-17(15,16)13-11-6-4-10(3)5-7-11;1-9(2)10(3)11-7-5-4-6-8-11;1-8(12)7-9-5-3-4-6-10(9)11(2)13/h3-14,18-19H,15-17H2,1-2H3,(H,26,27);4-7,12-13,20H,8-11H2,1-3H3;4-6,9H,7H2,1-3H3;4-6,8H,1-3H3;9-11,13H,4-8H2,1-3H3;4-10H,1-3H3;3-6,13H,2,7H2,1H3/q;;;;;;+1/p+1. The summed E-state index contributed by atoms with van der Waals surface area (Å²) in [5.41, 5.74) is 9.63. The molecule has 0 radical (unpaired) electrons. The van der Waals surface area contributed by atoms with Crippen molar-refractivity contribution in [2.75, 3.05) is 56.4 Å². The third-order valence-electron chi connectivity index (χ3n) is 20.4. The fourth-order valence-corrected chi connectivity index (χ4v) is 14.9. The van der Waals surface area contributed by atoms with Gasteiger partial charge in [-0.3, -0.25) is 24.4 Å². The zero-order valence-corrected chi connectivity index (χ0v) is 75.1. The van der Waals surface area contributed by atoms with Crippen molar-refractivity contribution in [2.24, 2.45) is 41.4 Å². The number of hydrogen-bond acceptors (Lipinski definition) is 15. The van der Waals surface area contributed by atoms with Gasteiger partial charge in [0, 0.05) is 83.9 Å². The molecule has 0 spiro atoms. The SMILES string of the molecule is C=[N+](O)c1ccccc1CC(C)=O.CC(C)C(=O)C1CCN(c2ccccc2[NH+](C)O)CC1.CC(C)C(C)c1ccccc1.CC(C)Cc1cccc(NC(=O)c2ccccc2OCCOc2ccccc2)c1.CC(C)c1ccc(C#N)c(C(C)(F)F)c1.CC1CCC(NS(=O)(=O)CC(=O)C(C)C)CC1.COC(=O)c1cccc(CC(C)C)c1C#N. The van der Waals surface area contributed by atoms with Gasteiger partial charge in [-0.2, -0.15) is 15.6 Å². The van der Waals surface area contributed by atoms with Crippen molar-refractivity contribution in [3.05, 3.63) is 250 Å². The summed E-state index contributed by atoms with van der Waals surface area (Å²) in [6.45, 7) is 37.0. The number of Topliss-reactive ketones (excluding diaryl/α,β-unsaturated/α-hetero) is 3. The van der Waals surface area contributed by atoms with Gasteiger partial charge in [-0.05, 0) is 177 Å². The van der Waals surface area contributed by atoms with Crippen LogP contribution in [-0.4, -0.2) is 112 Å². The van der Waals surface area contributed by atoms with Crippen LogP contribution in [0.5, 0.6) is 11.5 Å². The largest absolute Gasteiger partial charge is 0.490 e. The van der Waals surface area contributed by atoms with Gasteiger partial charge in [0.25, 0.3) is 17.5 Å². The number of nitriles is 2. The molecule has 1 amide bonds. The van der Waals surface area contributed by atoms with Crippen LogP contribution in [0.4, 0.5) is 31.5 Å². The monoisotopic (exact) mass is 1680 g/mol. The van der Waals surface area contributed by atoms with Crippen LogP contribution in [-0.2, 0) is 54.3 Å². The van der Waals surface area contributed by atoms with E-state index in [0.29, 0.717) is 82.3 Å². The maximum Gasteiger partial charge on any atom is 0.339 e. The molecular weight excluding hydrogens is 1550 g/mol. The second kappa shape index (κ2) is 52.4. The van der Waals surface area contributed by atoms with Crippen LogP contribution in [0.15, 0.2) is 194 Å². The number of amides is 1. The number of nitrogens with zero attached hydrogens (tertiary/aromatic N) is 4. The Morgan fingerprint density at radius 3 is 1.77 bits per heavy atom. The first kappa shape index (κ1) is 103. The van der Waals surface area contributed by atoms with Gasteiger partial charge in [-0.15, -0.1) is 0 Å². The van der Waals surface area contributed by atoms with E-state index in [1.807, 2.05) is 125 Å². The van der Waals surface area contributed by atoms with Crippen LogP contribution in [0, 0.1) is 64.1 Å². The normalized spacial score (nSPS) is 14.2. The number of sulfonamides is 1. The molecule has 2 atom stereocenters. The van der Waals surface area contributed by atoms with Crippen molar-refractivity contribution in [3.63, 3.8) is 0 Å². The van der Waals surface area contributed by atoms with E-state index in [1.54, 1.807) is 75.5 Å². The number of carbonyl (C=O) groups excluding carboxylic acids is 5. The fourth-order valence-electron chi connectivity index (χ4n) is 13.3. The molecule has 5 N–H and O–H groups in total. The van der Waals surface area contributed by atoms with Crippen molar-refractivity contribution in [3.8, 4) is 23.6 Å². The Morgan fingerprint density at radius 2 is 1.21 bits per heavy atom. The molecule has 121 heavy (non-hydrogen) atoms. The Labute approximate surface area is 719 Å². The number of alkyl halides is 2. The molecule has 19 nitrogen and oxygen atoms in total. The lowest BCUT2D eigenvalue weighted by molar-refractivity contribution is -1.02. The van der Waals surface area contributed by atoms with Crippen molar-refractivity contribution in [2.45, 2.75) is 192 Å². The lowest BCUT2D eigenvalue weighted by Crippen LogP contribution is -3.01. The first-order valence-corrected chi connectivity index (χ1v) is 43.5. The van der Waals surface area contributed by atoms with Crippen molar-refractivity contribution < 1.29 is 75.6 Å². The molecule has 1 saturated carbocycles. The van der Waals surface area contributed by atoms with Gasteiger partial charge >= 0.3 is 5.97 Å². The Kier molecular flexibility index (Phi) is 44.5. The number of methoxy groups -OCH3 is 1. The number of para-hydroxylation sites is 5. The molecule has 8 aromatic rings. The highest BCUT2D eigenvalue weighted by Crippen LogP contribution is 2.34. The average molecular weight is 1680 g/mol. The van der Waals surface area contributed by atoms with E-state index in [1.165, 1.54) is 37.3 Å². The van der Waals surface area contributed by atoms with Gasteiger partial charge in [-0.25, -0.2) is 31.9 Å². The summed E-state index contributed by atoms with van der Waals surface area (Å²) >= 11 is 0. The van der Waals surface area contributed by atoms with E-state index >= 15 is 0 Å². The van der Waals surface area contributed by atoms with E-state index in [2.05, 4.69) is 124 Å². The third-order valence-corrected chi connectivity index (χ3v) is 21.7. The molecular formula is C99H131F2N7O12S+2. The molecule has 1 heterocycles. The van der Waals surface area contributed by atoms with Crippen LogP contribution in [0.1, 0.15) is 226 Å². The second-order valence-electron chi connectivity index (χ2n) is 33.0. The predicted octanol–water partition coefficient (Wildman–Crippen LogP) is 20.3. The molecule has 1 aliphatic carbocycles. The quantitative estimate of drug-likeness (QED) is 0.00762. The van der Waals surface area contributed by atoms with Crippen LogP contribution in [0.2, 0.25) is 0 Å². The van der Waals surface area contributed by atoms with Gasteiger partial charge < -0.3 is 24.4 Å². The number of ether oxygens (including phenoxy) is 3. The van der Waals surface area contributed by atoms with E-state index in [4.69, 9.17) is 25.2 Å². The molecule has 652 valence electrons. The summed E-state index contributed by atoms with van der Waals surface area (Å²) in [5.74, 6) is 0.985. The predicted molar refractivity (Wildman–Crippen MR) is 480 cm³/mol. The maximum absolute atomic E-state index is 13.2. The summed E-state index contributed by atoms with van der Waals surface area (Å²) in [6, 6.07) is 64.3. The molecule has 1 aliphatic heterocycles. The average Bonchev–Trinajstić information content (AvgIpc) is 0.828. The molecule has 2 unspecified atom stereocenters. The summed E-state index contributed by atoms with van der Waals surface area (Å²) in [4.78, 5) is 60.9. The topological polar surface area (TPSA) is 270 Å². The van der Waals surface area contributed by atoms with Crippen molar-refractivity contribution in [1.82, 2.24) is 4.72 Å². The minimum atomic E-state index is -3.44. The van der Waals surface area contributed by atoms with Crippen molar-refractivity contribution >= 4 is 68.7 Å². The van der Waals surface area contributed by atoms with E-state index in [-0.39, 0.29) is 64.1 Å². The van der Waals surface area contributed by atoms with Gasteiger partial charge in [0.1, 0.15) is 60.8 Å². The van der Waals surface area contributed by atoms with Gasteiger partial charge in [0.15, 0.2) is 18.2 Å². The minimum Gasteiger partial charge on any atom is -0.490 e. The number of rotatable bonds is 28. The summed E-state index contributed by atoms with van der Waals surface area (Å²) < 4.78 is 69.4. The third kappa shape index (κ3) is 37.0. The van der Waals surface area contributed by atoms with Gasteiger partial charge in [0.2, 0.25) is 10.0 Å². The number of ketones is 3. The molecule has 1 saturated heterocycles. The van der Waals surface area contributed by atoms with Gasteiger partial charge in [0.05, 0.1) is 35.4 Å². The highest BCUT2D eigenvalue weighted by atomic mass is 32.2. The lowest BCUT2D eigenvalue weighted by atomic mass is 9.87. The zero-order valence-electron chi connectivity index (χ0n) is 74.3. The molecule has 0 aromatic heterocycles. The molecule has 22 heteroatoms. The highest BCUT2D eigenvalue weighted by molar-refractivity contribution is 7.90. The van der Waals surface area contributed by atoms with Crippen LogP contribution >= 0.6 is 0 Å². The van der Waals surface area contributed by atoms with Crippen LogP contribution in [0.25, 0.3) is 0 Å². The molecule has 8 aromatic carbocycles. The number of piperidine rings is 1. The first-order valence-electron chi connectivity index (χ1n) is 41.9. The number of anilines is 2. The number of hydrogen-bond donors (Lipinski definition) is 5. The Balaban J connectivity index is 0.000000303. The fraction of sp³-hybridized carbons (Fsp3) is 0.434. The van der Waals surface area contributed by atoms with E-state index < -0.39 is 21.9 Å². The van der Waals surface area contributed by atoms with E-state index in [0.717, 1.165) is 122 Å². The minimum absolute atomic E-state index is 0.0242. The Bertz CT molecular complexity index is 4750. The molecule has 2 aliphatic rings. The van der Waals surface area contributed by atoms with Gasteiger partial charge in [-0.1, -0.05) is 218 Å². The summed E-state index contributed by atoms with van der Waals surface area (Å²) in [7, 11) is -0.408. The maximum atomic E-state index is 13.2. The zero-order chi connectivity index (χ0) is 90.1. The number of quaternary nitrogens is 1. The summed E-state index contributed by atoms with van der Waals surface area (Å²) in [5, 5.41) is 40.1. The number of nitrogens with one attached hydrogen (secondary N) is 3.